The van der Waals surface area contributed by atoms with E-state index in [1.54, 1.807) is 13.8 Å². The largest absolute Gasteiger partial charge is 0.393 e. The molecule has 2 atom stereocenters. The number of hydrogen-bond acceptors (Lipinski definition) is 6. The number of pyridine rings is 2. The molecule has 3 heterocycles. The summed E-state index contributed by atoms with van der Waals surface area (Å²) in [5.41, 5.74) is 12.3. The summed E-state index contributed by atoms with van der Waals surface area (Å²) in [6.07, 6.45) is 5.31. The Kier molecular flexibility index (Phi) is 14.5. The molecule has 2 N–H and O–H groups in total. The van der Waals surface area contributed by atoms with E-state index >= 15 is 0 Å². The van der Waals surface area contributed by atoms with Crippen molar-refractivity contribution in [1.29, 1.82) is 0 Å². The number of nitrogens with zero attached hydrogens (tertiary/aromatic N) is 4. The summed E-state index contributed by atoms with van der Waals surface area (Å²) >= 11 is 0. The summed E-state index contributed by atoms with van der Waals surface area (Å²) in [4.78, 5) is 19.0. The van der Waals surface area contributed by atoms with Gasteiger partial charge in [-0.1, -0.05) is 133 Å². The summed E-state index contributed by atoms with van der Waals surface area (Å²) in [6, 6.07) is 60.7. The maximum absolute atomic E-state index is 8.56. The standard InChI is InChI=1S/C24H16N2.C22H15N2.C5H12O2.Ir/c1-3-7-17(8-4-1)19-13-15-25-23-21(19)11-12-22-20(14-16-26-24(22)23)18-9-5-2-6-10-18;1-4-10-17(11-5-1)20-16-23-21(18-12-6-2-7-13-18)22(24-20)19-14-8-3-9-15-19;1-4(6)3-5(2)7;/h1-16H;1-12,14-16H;4-7H,3H2,1-2H3;/q;-1;;. The molecule has 7 heteroatoms. The van der Waals surface area contributed by atoms with Crippen LogP contribution in [-0.2, 0) is 20.1 Å². The van der Waals surface area contributed by atoms with Crippen LogP contribution < -0.4 is 0 Å². The van der Waals surface area contributed by atoms with Crippen molar-refractivity contribution in [2.24, 2.45) is 0 Å². The Morgan fingerprint density at radius 2 is 0.931 bits per heavy atom. The Labute approximate surface area is 353 Å². The smallest absolute Gasteiger partial charge is 0.0970 e. The van der Waals surface area contributed by atoms with Gasteiger partial charge in [0.05, 0.1) is 34.6 Å². The van der Waals surface area contributed by atoms with E-state index in [-0.39, 0.29) is 32.3 Å². The average molecular weight is 936 g/mol. The molecule has 0 bridgehead atoms. The van der Waals surface area contributed by atoms with E-state index < -0.39 is 0 Å². The van der Waals surface area contributed by atoms with Crippen LogP contribution in [0.2, 0.25) is 0 Å². The summed E-state index contributed by atoms with van der Waals surface area (Å²) in [6.45, 7) is 3.32. The zero-order valence-electron chi connectivity index (χ0n) is 32.3. The molecule has 2 unspecified atom stereocenters. The van der Waals surface area contributed by atoms with Gasteiger partial charge in [-0.15, -0.1) is 35.9 Å². The monoisotopic (exact) mass is 936 g/mol. The van der Waals surface area contributed by atoms with Gasteiger partial charge < -0.3 is 15.2 Å². The number of rotatable bonds is 7. The molecular formula is C51H43IrN4O2-. The first-order chi connectivity index (χ1) is 28.0. The first kappa shape index (κ1) is 41.4. The van der Waals surface area contributed by atoms with Crippen LogP contribution in [0.4, 0.5) is 0 Å². The molecular weight excluding hydrogens is 893 g/mol. The zero-order valence-corrected chi connectivity index (χ0v) is 34.7. The fraction of sp³-hybridized carbons (Fsp3) is 0.0980. The van der Waals surface area contributed by atoms with Gasteiger partial charge in [0, 0.05) is 60.7 Å². The Bertz CT molecular complexity index is 2540. The fourth-order valence-electron chi connectivity index (χ4n) is 6.73. The van der Waals surface area contributed by atoms with E-state index in [0.717, 1.165) is 55.6 Å². The second kappa shape index (κ2) is 20.3. The van der Waals surface area contributed by atoms with Crippen molar-refractivity contribution in [1.82, 2.24) is 19.9 Å². The molecule has 58 heavy (non-hydrogen) atoms. The number of hydrogen-bond donors (Lipinski definition) is 2. The normalized spacial score (nSPS) is 11.6. The van der Waals surface area contributed by atoms with Gasteiger partial charge in [-0.3, -0.25) is 15.0 Å². The minimum Gasteiger partial charge on any atom is -0.393 e. The molecule has 289 valence electrons. The summed E-state index contributed by atoms with van der Waals surface area (Å²) in [5.74, 6) is 0. The predicted molar refractivity (Wildman–Crippen MR) is 233 cm³/mol. The second-order valence-corrected chi connectivity index (χ2v) is 13.7. The van der Waals surface area contributed by atoms with E-state index in [2.05, 4.69) is 101 Å². The van der Waals surface area contributed by atoms with Gasteiger partial charge >= 0.3 is 0 Å². The van der Waals surface area contributed by atoms with Gasteiger partial charge in [-0.05, 0) is 60.2 Å². The van der Waals surface area contributed by atoms with E-state index in [4.69, 9.17) is 20.2 Å². The maximum Gasteiger partial charge on any atom is 0.0970 e. The van der Waals surface area contributed by atoms with Gasteiger partial charge in [-0.2, -0.15) is 0 Å². The van der Waals surface area contributed by atoms with Crippen molar-refractivity contribution in [3.05, 3.63) is 195 Å². The van der Waals surface area contributed by atoms with Gasteiger partial charge in [0.1, 0.15) is 0 Å². The van der Waals surface area contributed by atoms with Gasteiger partial charge in [0.2, 0.25) is 0 Å². The topological polar surface area (TPSA) is 92.0 Å². The second-order valence-electron chi connectivity index (χ2n) is 13.7. The molecule has 1 radical (unpaired) electrons. The molecule has 0 aliphatic carbocycles. The van der Waals surface area contributed by atoms with Crippen molar-refractivity contribution in [3.8, 4) is 56.0 Å². The minimum absolute atomic E-state index is 0. The molecule has 0 fully saturated rings. The van der Waals surface area contributed by atoms with Crippen LogP contribution >= 0.6 is 0 Å². The van der Waals surface area contributed by atoms with Crippen molar-refractivity contribution in [3.63, 3.8) is 0 Å². The number of fused-ring (bicyclic) bond motifs is 3. The Balaban J connectivity index is 0.000000166. The molecule has 0 aliphatic heterocycles. The summed E-state index contributed by atoms with van der Waals surface area (Å²) in [5, 5.41) is 19.4. The SMILES string of the molecule is CC(O)CC(C)O.[Ir].[c-]1ccccc1-c1ncc(-c2ccccc2)nc1-c1ccccc1.c1ccc(-c2ccnc3c2ccc2c(-c4ccccc4)ccnc23)cc1. The quantitative estimate of drug-likeness (QED) is 0.122. The van der Waals surface area contributed by atoms with Crippen LogP contribution in [0, 0.1) is 6.07 Å². The van der Waals surface area contributed by atoms with Crippen molar-refractivity contribution in [2.75, 3.05) is 0 Å². The Morgan fingerprint density at radius 3 is 1.36 bits per heavy atom. The first-order valence-electron chi connectivity index (χ1n) is 19.0. The van der Waals surface area contributed by atoms with Gasteiger partial charge in [-0.25, -0.2) is 0 Å². The maximum atomic E-state index is 8.56. The number of aliphatic hydroxyl groups excluding tert-OH is 2. The third kappa shape index (κ3) is 10.2. The molecule has 0 aliphatic rings. The Morgan fingerprint density at radius 1 is 0.483 bits per heavy atom. The van der Waals surface area contributed by atoms with Crippen LogP contribution in [0.5, 0.6) is 0 Å². The molecule has 6 aromatic carbocycles. The van der Waals surface area contributed by atoms with Crippen LogP contribution in [0.1, 0.15) is 20.3 Å². The summed E-state index contributed by atoms with van der Waals surface area (Å²) < 4.78 is 0. The summed E-state index contributed by atoms with van der Waals surface area (Å²) in [7, 11) is 0. The van der Waals surface area contributed by atoms with Crippen LogP contribution in [0.15, 0.2) is 188 Å². The van der Waals surface area contributed by atoms with Crippen LogP contribution in [0.25, 0.3) is 77.8 Å². The first-order valence-corrected chi connectivity index (χ1v) is 19.0. The molecule has 0 amide bonds. The van der Waals surface area contributed by atoms with Gasteiger partial charge in [0.15, 0.2) is 0 Å². The molecule has 0 saturated heterocycles. The molecule has 9 aromatic rings. The number of benzene rings is 6. The van der Waals surface area contributed by atoms with Crippen molar-refractivity contribution in [2.45, 2.75) is 32.5 Å². The molecule has 3 aromatic heterocycles. The number of aromatic nitrogens is 4. The van der Waals surface area contributed by atoms with Crippen LogP contribution in [-0.4, -0.2) is 42.4 Å². The zero-order chi connectivity index (χ0) is 39.4. The number of aliphatic hydroxyl groups is 2. The molecule has 0 spiro atoms. The van der Waals surface area contributed by atoms with E-state index in [9.17, 15) is 0 Å². The predicted octanol–water partition coefficient (Wildman–Crippen LogP) is 11.5. The minimum atomic E-state index is -0.375. The van der Waals surface area contributed by atoms with Gasteiger partial charge in [0.25, 0.3) is 0 Å². The Hall–Kier alpha value is -6.21. The van der Waals surface area contributed by atoms with Crippen LogP contribution in [0.3, 0.4) is 0 Å². The third-order valence-corrected chi connectivity index (χ3v) is 9.33. The molecule has 6 nitrogen and oxygen atoms in total. The van der Waals surface area contributed by atoms with E-state index in [1.807, 2.05) is 104 Å². The van der Waals surface area contributed by atoms with Crippen molar-refractivity contribution >= 4 is 21.8 Å². The van der Waals surface area contributed by atoms with Crippen molar-refractivity contribution < 1.29 is 30.3 Å². The molecule has 0 saturated carbocycles. The molecule has 9 rings (SSSR count). The average Bonchev–Trinajstić information content (AvgIpc) is 3.27. The van der Waals surface area contributed by atoms with E-state index in [0.29, 0.717) is 6.42 Å². The third-order valence-electron chi connectivity index (χ3n) is 9.33. The van der Waals surface area contributed by atoms with E-state index in [1.165, 1.54) is 22.3 Å². The fourth-order valence-corrected chi connectivity index (χ4v) is 6.73.